The van der Waals surface area contributed by atoms with E-state index in [2.05, 4.69) is 5.32 Å². The Morgan fingerprint density at radius 2 is 1.86 bits per heavy atom. The molecule has 1 amide bonds. The van der Waals surface area contributed by atoms with Crippen molar-refractivity contribution in [3.63, 3.8) is 0 Å². The zero-order valence-corrected chi connectivity index (χ0v) is 12.6. The van der Waals surface area contributed by atoms with Gasteiger partial charge in [-0.25, -0.2) is 0 Å². The fraction of sp³-hybridized carbons (Fsp3) is 0.467. The number of hydrogen-bond donors (Lipinski definition) is 1. The molecule has 0 spiro atoms. The summed E-state index contributed by atoms with van der Waals surface area (Å²) < 4.78 is 15.1. The quantitative estimate of drug-likeness (QED) is 0.578. The van der Waals surface area contributed by atoms with Crippen molar-refractivity contribution in [2.45, 2.75) is 19.8 Å². The van der Waals surface area contributed by atoms with Crippen molar-refractivity contribution in [2.75, 3.05) is 27.4 Å². The molecule has 0 aromatic heterocycles. The number of carbonyl (C=O) groups is 2. The van der Waals surface area contributed by atoms with Gasteiger partial charge in [0, 0.05) is 6.54 Å². The highest BCUT2D eigenvalue weighted by Crippen LogP contribution is 2.27. The van der Waals surface area contributed by atoms with E-state index in [9.17, 15) is 9.59 Å². The topological polar surface area (TPSA) is 73.9 Å². The number of amides is 1. The lowest BCUT2D eigenvalue weighted by Crippen LogP contribution is -2.28. The minimum absolute atomic E-state index is 0.250. The molecule has 0 saturated heterocycles. The molecule has 6 heteroatoms. The maximum Gasteiger partial charge on any atom is 0.315 e. The fourth-order valence-electron chi connectivity index (χ4n) is 1.79. The summed E-state index contributed by atoms with van der Waals surface area (Å²) in [5, 5.41) is 2.67. The van der Waals surface area contributed by atoms with Crippen molar-refractivity contribution in [1.29, 1.82) is 0 Å². The van der Waals surface area contributed by atoms with E-state index in [4.69, 9.17) is 14.2 Å². The van der Waals surface area contributed by atoms with Crippen molar-refractivity contribution < 1.29 is 23.8 Å². The summed E-state index contributed by atoms with van der Waals surface area (Å²) in [5.41, 5.74) is 1.00. The molecule has 1 N–H and O–H groups in total. The molecule has 0 aliphatic heterocycles. The molecule has 0 heterocycles. The molecule has 21 heavy (non-hydrogen) atoms. The fourth-order valence-corrected chi connectivity index (χ4v) is 1.79. The monoisotopic (exact) mass is 295 g/mol. The Bertz CT molecular complexity index is 487. The van der Waals surface area contributed by atoms with Crippen LogP contribution in [0, 0.1) is 0 Å². The van der Waals surface area contributed by atoms with Gasteiger partial charge in [0.25, 0.3) is 0 Å². The lowest BCUT2D eigenvalue weighted by atomic mass is 10.1. The lowest BCUT2D eigenvalue weighted by Gasteiger charge is -2.10. The first kappa shape index (κ1) is 16.8. The van der Waals surface area contributed by atoms with Crippen LogP contribution in [0.4, 0.5) is 0 Å². The molecule has 0 saturated carbocycles. The van der Waals surface area contributed by atoms with Crippen LogP contribution in [0.15, 0.2) is 18.2 Å². The van der Waals surface area contributed by atoms with Crippen molar-refractivity contribution >= 4 is 11.9 Å². The van der Waals surface area contributed by atoms with Gasteiger partial charge >= 0.3 is 5.97 Å². The van der Waals surface area contributed by atoms with E-state index < -0.39 is 5.97 Å². The average molecular weight is 295 g/mol. The highest BCUT2D eigenvalue weighted by molar-refractivity contribution is 5.94. The third-order valence-corrected chi connectivity index (χ3v) is 2.79. The predicted molar refractivity (Wildman–Crippen MR) is 77.5 cm³/mol. The molecule has 0 fully saturated rings. The molecule has 0 bridgehead atoms. The number of benzene rings is 1. The Labute approximate surface area is 124 Å². The Kier molecular flexibility index (Phi) is 7.08. The molecule has 116 valence electrons. The normalized spacial score (nSPS) is 9.86. The first-order valence-corrected chi connectivity index (χ1v) is 6.74. The molecule has 6 nitrogen and oxygen atoms in total. The van der Waals surface area contributed by atoms with E-state index in [1.807, 2.05) is 18.2 Å². The van der Waals surface area contributed by atoms with E-state index in [0.717, 1.165) is 5.56 Å². The SMILES string of the molecule is CCOC(=O)CC(=O)NCCc1ccc(OC)c(OC)c1. The van der Waals surface area contributed by atoms with Gasteiger partial charge in [-0.3, -0.25) is 9.59 Å². The van der Waals surface area contributed by atoms with Crippen LogP contribution in [0.25, 0.3) is 0 Å². The van der Waals surface area contributed by atoms with Crippen LogP contribution in [-0.2, 0) is 20.7 Å². The molecule has 0 aliphatic rings. The number of ether oxygens (including phenoxy) is 3. The second kappa shape index (κ2) is 8.84. The van der Waals surface area contributed by atoms with Crippen LogP contribution in [0.2, 0.25) is 0 Å². The van der Waals surface area contributed by atoms with E-state index in [-0.39, 0.29) is 18.9 Å². The summed E-state index contributed by atoms with van der Waals surface area (Å²) in [5.74, 6) is 0.454. The Hall–Kier alpha value is -2.24. The number of carbonyl (C=O) groups excluding carboxylic acids is 2. The smallest absolute Gasteiger partial charge is 0.315 e. The Balaban J connectivity index is 2.42. The predicted octanol–water partition coefficient (Wildman–Crippen LogP) is 1.32. The van der Waals surface area contributed by atoms with E-state index >= 15 is 0 Å². The van der Waals surface area contributed by atoms with Gasteiger partial charge in [-0.2, -0.15) is 0 Å². The zero-order valence-electron chi connectivity index (χ0n) is 12.6. The van der Waals surface area contributed by atoms with Crippen LogP contribution in [0.5, 0.6) is 11.5 Å². The van der Waals surface area contributed by atoms with Gasteiger partial charge in [0.05, 0.1) is 20.8 Å². The van der Waals surface area contributed by atoms with Gasteiger partial charge in [0.2, 0.25) is 5.91 Å². The van der Waals surface area contributed by atoms with Crippen molar-refractivity contribution in [3.8, 4) is 11.5 Å². The highest BCUT2D eigenvalue weighted by atomic mass is 16.5. The summed E-state index contributed by atoms with van der Waals surface area (Å²) in [4.78, 5) is 22.6. The van der Waals surface area contributed by atoms with Crippen molar-refractivity contribution in [2.24, 2.45) is 0 Å². The minimum atomic E-state index is -0.513. The van der Waals surface area contributed by atoms with Crippen molar-refractivity contribution in [1.82, 2.24) is 5.32 Å². The largest absolute Gasteiger partial charge is 0.493 e. The molecule has 1 rings (SSSR count). The Morgan fingerprint density at radius 3 is 2.48 bits per heavy atom. The van der Waals surface area contributed by atoms with Crippen molar-refractivity contribution in [3.05, 3.63) is 23.8 Å². The second-order valence-corrected chi connectivity index (χ2v) is 4.27. The molecule has 1 aromatic carbocycles. The summed E-state index contributed by atoms with van der Waals surface area (Å²) >= 11 is 0. The van der Waals surface area contributed by atoms with E-state index in [1.54, 1.807) is 21.1 Å². The van der Waals surface area contributed by atoms with Crippen LogP contribution < -0.4 is 14.8 Å². The number of esters is 1. The standard InChI is InChI=1S/C15H21NO5/c1-4-21-15(18)10-14(17)16-8-7-11-5-6-12(19-2)13(9-11)20-3/h5-6,9H,4,7-8,10H2,1-3H3,(H,16,17). The maximum absolute atomic E-state index is 11.5. The Morgan fingerprint density at radius 1 is 1.14 bits per heavy atom. The first-order chi connectivity index (χ1) is 10.1. The van der Waals surface area contributed by atoms with Gasteiger partial charge in [0.1, 0.15) is 6.42 Å². The highest BCUT2D eigenvalue weighted by Gasteiger charge is 2.10. The minimum Gasteiger partial charge on any atom is -0.493 e. The maximum atomic E-state index is 11.5. The first-order valence-electron chi connectivity index (χ1n) is 6.74. The zero-order chi connectivity index (χ0) is 15.7. The van der Waals surface area contributed by atoms with Gasteiger partial charge < -0.3 is 19.5 Å². The van der Waals surface area contributed by atoms with Gasteiger partial charge in [-0.05, 0) is 31.0 Å². The van der Waals surface area contributed by atoms with E-state index in [0.29, 0.717) is 24.5 Å². The summed E-state index contributed by atoms with van der Waals surface area (Å²) in [6.45, 7) is 2.42. The van der Waals surface area contributed by atoms with Crippen LogP contribution in [0.3, 0.4) is 0 Å². The molecule has 0 aliphatic carbocycles. The van der Waals surface area contributed by atoms with E-state index in [1.165, 1.54) is 0 Å². The summed E-state index contributed by atoms with van der Waals surface area (Å²) in [7, 11) is 3.15. The number of nitrogens with one attached hydrogen (secondary N) is 1. The number of rotatable bonds is 8. The van der Waals surface area contributed by atoms with Crippen LogP contribution in [0.1, 0.15) is 18.9 Å². The number of methoxy groups -OCH3 is 2. The van der Waals surface area contributed by atoms with Gasteiger partial charge in [-0.1, -0.05) is 6.07 Å². The molecule has 0 atom stereocenters. The average Bonchev–Trinajstić information content (AvgIpc) is 2.47. The molecular weight excluding hydrogens is 274 g/mol. The molecular formula is C15H21NO5. The third-order valence-electron chi connectivity index (χ3n) is 2.79. The second-order valence-electron chi connectivity index (χ2n) is 4.27. The summed E-state index contributed by atoms with van der Waals surface area (Å²) in [6.07, 6.45) is 0.384. The lowest BCUT2D eigenvalue weighted by molar-refractivity contribution is -0.145. The van der Waals surface area contributed by atoms with Crippen LogP contribution >= 0.6 is 0 Å². The third kappa shape index (κ3) is 5.72. The van der Waals surface area contributed by atoms with Gasteiger partial charge in [0.15, 0.2) is 11.5 Å². The van der Waals surface area contributed by atoms with Crippen LogP contribution in [-0.4, -0.2) is 39.2 Å². The number of hydrogen-bond acceptors (Lipinski definition) is 5. The summed E-state index contributed by atoms with van der Waals surface area (Å²) in [6, 6.07) is 5.57. The van der Waals surface area contributed by atoms with Gasteiger partial charge in [-0.15, -0.1) is 0 Å². The molecule has 1 aromatic rings. The molecule has 0 radical (unpaired) electrons. The molecule has 0 unspecified atom stereocenters.